The molecular weight excluding hydrogens is 402 g/mol. The van der Waals surface area contributed by atoms with Gasteiger partial charge in [0.15, 0.2) is 11.5 Å². The summed E-state index contributed by atoms with van der Waals surface area (Å²) in [7, 11) is 0. The standard InChI is InChI=1S/C10H12.C9H9NS.C8H8O2/c1-8-5-6-9-3-2-4-10(9)7-8;1-6-3-4-9-8(5-6)10-7(2)11-9;1-6-2-3-7-8(4-6)10-5-9-7/h5-7H,2-4H2,1H3;3-5H,1-2H3;2-4H,5H2,1H3. The smallest absolute Gasteiger partial charge is 0.231 e. The summed E-state index contributed by atoms with van der Waals surface area (Å²) in [6, 6.07) is 19.1. The second-order valence-electron chi connectivity index (χ2n) is 8.19. The summed E-state index contributed by atoms with van der Waals surface area (Å²) in [5.41, 5.74) is 8.17. The van der Waals surface area contributed by atoms with Gasteiger partial charge in [-0.1, -0.05) is 35.9 Å². The number of ether oxygens (including phenoxy) is 2. The lowest BCUT2D eigenvalue weighted by molar-refractivity contribution is 0.174. The molecule has 0 N–H and O–H groups in total. The van der Waals surface area contributed by atoms with E-state index in [4.69, 9.17) is 9.47 Å². The Morgan fingerprint density at radius 1 is 0.710 bits per heavy atom. The molecule has 0 radical (unpaired) electrons. The first kappa shape index (κ1) is 21.4. The lowest BCUT2D eigenvalue weighted by atomic mass is 10.1. The monoisotopic (exact) mass is 431 g/mol. The second kappa shape index (κ2) is 9.52. The third-order valence-electron chi connectivity index (χ3n) is 5.43. The average molecular weight is 432 g/mol. The number of rotatable bonds is 0. The Bertz CT molecular complexity index is 1140. The molecule has 31 heavy (non-hydrogen) atoms. The predicted octanol–water partition coefficient (Wildman–Crippen LogP) is 7.12. The van der Waals surface area contributed by atoms with Crippen LogP contribution < -0.4 is 9.47 Å². The van der Waals surface area contributed by atoms with Crippen molar-refractivity contribution >= 4 is 21.6 Å². The maximum atomic E-state index is 5.16. The van der Waals surface area contributed by atoms with Crippen LogP contribution in [0.1, 0.15) is 39.2 Å². The van der Waals surface area contributed by atoms with E-state index >= 15 is 0 Å². The fourth-order valence-corrected chi connectivity index (χ4v) is 4.66. The van der Waals surface area contributed by atoms with Gasteiger partial charge in [0.1, 0.15) is 0 Å². The van der Waals surface area contributed by atoms with Crippen LogP contribution in [0.5, 0.6) is 11.5 Å². The Labute approximate surface area is 188 Å². The Morgan fingerprint density at radius 2 is 1.39 bits per heavy atom. The van der Waals surface area contributed by atoms with E-state index in [1.54, 1.807) is 22.5 Å². The predicted molar refractivity (Wildman–Crippen MR) is 130 cm³/mol. The highest BCUT2D eigenvalue weighted by Crippen LogP contribution is 2.32. The number of aromatic nitrogens is 1. The highest BCUT2D eigenvalue weighted by Gasteiger charge is 2.11. The zero-order valence-corrected chi connectivity index (χ0v) is 19.5. The van der Waals surface area contributed by atoms with Gasteiger partial charge in [-0.2, -0.15) is 0 Å². The summed E-state index contributed by atoms with van der Waals surface area (Å²) in [6.07, 6.45) is 3.96. The number of fused-ring (bicyclic) bond motifs is 3. The van der Waals surface area contributed by atoms with Gasteiger partial charge in [0, 0.05) is 0 Å². The van der Waals surface area contributed by atoms with Gasteiger partial charge in [-0.15, -0.1) is 11.3 Å². The molecule has 2 heterocycles. The minimum atomic E-state index is 0.360. The maximum Gasteiger partial charge on any atom is 0.231 e. The van der Waals surface area contributed by atoms with Gasteiger partial charge < -0.3 is 9.47 Å². The van der Waals surface area contributed by atoms with Crippen LogP contribution in [0.15, 0.2) is 54.6 Å². The third kappa shape index (κ3) is 5.45. The van der Waals surface area contributed by atoms with Crippen LogP contribution in [0.4, 0.5) is 0 Å². The van der Waals surface area contributed by atoms with Crippen molar-refractivity contribution in [3.05, 3.63) is 87.4 Å². The van der Waals surface area contributed by atoms with E-state index in [2.05, 4.69) is 55.2 Å². The van der Waals surface area contributed by atoms with Gasteiger partial charge in [0.2, 0.25) is 6.79 Å². The number of benzene rings is 3. The number of aryl methyl sites for hydroxylation is 6. The van der Waals surface area contributed by atoms with Crippen LogP contribution in [-0.2, 0) is 12.8 Å². The molecule has 0 bridgehead atoms. The number of nitrogens with zero attached hydrogens (tertiary/aromatic N) is 1. The molecule has 160 valence electrons. The molecule has 0 saturated heterocycles. The van der Waals surface area contributed by atoms with E-state index in [-0.39, 0.29) is 0 Å². The Morgan fingerprint density at radius 3 is 2.26 bits per heavy atom. The van der Waals surface area contributed by atoms with Crippen molar-refractivity contribution < 1.29 is 9.47 Å². The average Bonchev–Trinajstić information content (AvgIpc) is 3.46. The topological polar surface area (TPSA) is 31.4 Å². The Hall–Kier alpha value is -2.85. The van der Waals surface area contributed by atoms with Crippen LogP contribution in [0.25, 0.3) is 10.2 Å². The van der Waals surface area contributed by atoms with Crippen molar-refractivity contribution in [1.29, 1.82) is 0 Å². The van der Waals surface area contributed by atoms with Crippen molar-refractivity contribution in [2.45, 2.75) is 47.0 Å². The van der Waals surface area contributed by atoms with E-state index < -0.39 is 0 Å². The quantitative estimate of drug-likeness (QED) is 0.297. The first-order chi connectivity index (χ1) is 15.0. The highest BCUT2D eigenvalue weighted by molar-refractivity contribution is 7.18. The molecule has 4 aromatic rings. The fourth-order valence-electron chi connectivity index (χ4n) is 3.86. The molecule has 1 aliphatic carbocycles. The molecule has 6 rings (SSSR count). The molecule has 1 aromatic heterocycles. The van der Waals surface area contributed by atoms with Crippen LogP contribution in [0.2, 0.25) is 0 Å². The van der Waals surface area contributed by atoms with Gasteiger partial charge in [-0.05, 0) is 93.5 Å². The third-order valence-corrected chi connectivity index (χ3v) is 6.38. The molecule has 0 amide bonds. The normalized spacial score (nSPS) is 13.2. The molecule has 4 heteroatoms. The SMILES string of the molecule is Cc1ccc2c(c1)CCC2.Cc1ccc2c(c1)OCO2.Cc1ccc2sc(C)nc2c1. The van der Waals surface area contributed by atoms with Crippen LogP contribution in [-0.4, -0.2) is 11.8 Å². The van der Waals surface area contributed by atoms with Crippen LogP contribution in [0, 0.1) is 27.7 Å². The summed E-state index contributed by atoms with van der Waals surface area (Å²) < 4.78 is 11.6. The molecule has 3 nitrogen and oxygen atoms in total. The molecular formula is C27H29NO2S. The maximum absolute atomic E-state index is 5.16. The first-order valence-electron chi connectivity index (χ1n) is 10.8. The Kier molecular flexibility index (Phi) is 6.57. The van der Waals surface area contributed by atoms with Crippen molar-refractivity contribution in [2.75, 3.05) is 6.79 Å². The number of hydrogen-bond acceptors (Lipinski definition) is 4. The molecule has 0 fully saturated rings. The van der Waals surface area contributed by atoms with E-state index in [1.165, 1.54) is 40.7 Å². The number of hydrogen-bond donors (Lipinski definition) is 0. The molecule has 0 atom stereocenters. The molecule has 0 spiro atoms. The van der Waals surface area contributed by atoms with Crippen molar-refractivity contribution in [3.63, 3.8) is 0 Å². The van der Waals surface area contributed by atoms with E-state index in [9.17, 15) is 0 Å². The first-order valence-corrected chi connectivity index (χ1v) is 11.6. The lowest BCUT2D eigenvalue weighted by Gasteiger charge is -1.98. The fraction of sp³-hybridized carbons (Fsp3) is 0.296. The van der Waals surface area contributed by atoms with Crippen LogP contribution in [0.3, 0.4) is 0 Å². The lowest BCUT2D eigenvalue weighted by Crippen LogP contribution is -1.92. The molecule has 1 aliphatic heterocycles. The van der Waals surface area contributed by atoms with Crippen molar-refractivity contribution in [2.24, 2.45) is 0 Å². The number of thiazole rings is 1. The second-order valence-corrected chi connectivity index (χ2v) is 9.42. The Balaban J connectivity index is 0.000000112. The van der Waals surface area contributed by atoms with E-state index in [1.807, 2.05) is 32.0 Å². The van der Waals surface area contributed by atoms with Gasteiger partial charge >= 0.3 is 0 Å². The molecule has 2 aliphatic rings. The summed E-state index contributed by atoms with van der Waals surface area (Å²) in [6.45, 7) is 8.69. The van der Waals surface area contributed by atoms with Gasteiger partial charge in [0.05, 0.1) is 15.2 Å². The van der Waals surface area contributed by atoms with E-state index in [0.29, 0.717) is 6.79 Å². The van der Waals surface area contributed by atoms with E-state index in [0.717, 1.165) is 22.0 Å². The highest BCUT2D eigenvalue weighted by atomic mass is 32.1. The zero-order valence-electron chi connectivity index (χ0n) is 18.7. The largest absolute Gasteiger partial charge is 0.454 e. The van der Waals surface area contributed by atoms with Gasteiger partial charge in [0.25, 0.3) is 0 Å². The summed E-state index contributed by atoms with van der Waals surface area (Å²) in [4.78, 5) is 4.39. The summed E-state index contributed by atoms with van der Waals surface area (Å²) >= 11 is 1.75. The molecule has 3 aromatic carbocycles. The van der Waals surface area contributed by atoms with Crippen molar-refractivity contribution in [3.8, 4) is 11.5 Å². The van der Waals surface area contributed by atoms with Crippen LogP contribution >= 0.6 is 11.3 Å². The van der Waals surface area contributed by atoms with Crippen molar-refractivity contribution in [1.82, 2.24) is 4.98 Å². The summed E-state index contributed by atoms with van der Waals surface area (Å²) in [5.74, 6) is 1.71. The zero-order chi connectivity index (χ0) is 21.8. The molecule has 0 saturated carbocycles. The van der Waals surface area contributed by atoms with Gasteiger partial charge in [-0.25, -0.2) is 4.98 Å². The minimum absolute atomic E-state index is 0.360. The molecule has 0 unspecified atom stereocenters. The van der Waals surface area contributed by atoms with Gasteiger partial charge in [-0.3, -0.25) is 0 Å². The summed E-state index contributed by atoms with van der Waals surface area (Å²) in [5, 5.41) is 1.14. The minimum Gasteiger partial charge on any atom is -0.454 e.